The molecular formula is C21H30FN3O2. The molecule has 148 valence electrons. The lowest BCUT2D eigenvalue weighted by molar-refractivity contribution is -0.114. The fourth-order valence-corrected chi connectivity index (χ4v) is 4.56. The molecule has 1 saturated carbocycles. The minimum atomic E-state index is -0.459. The monoisotopic (exact) mass is 375 g/mol. The van der Waals surface area contributed by atoms with Crippen LogP contribution in [0.3, 0.4) is 0 Å². The fraction of sp³-hybridized carbons (Fsp3) is 0.667. The van der Waals surface area contributed by atoms with E-state index in [0.29, 0.717) is 29.8 Å². The number of carbonyl (C=O) groups excluding carboxylic acids is 1. The lowest BCUT2D eigenvalue weighted by Crippen LogP contribution is -2.56. The number of allylic oxidation sites excluding steroid dienone is 3. The van der Waals surface area contributed by atoms with Gasteiger partial charge in [0.15, 0.2) is 5.78 Å². The average molecular weight is 375 g/mol. The van der Waals surface area contributed by atoms with Gasteiger partial charge in [-0.2, -0.15) is 0 Å². The van der Waals surface area contributed by atoms with Crippen molar-refractivity contribution in [3.8, 4) is 0 Å². The zero-order valence-corrected chi connectivity index (χ0v) is 16.7. The molecule has 0 N–H and O–H groups in total. The molecule has 4 rings (SSSR count). The Morgan fingerprint density at radius 2 is 2.04 bits per heavy atom. The number of hydrogen-bond donors (Lipinski definition) is 0. The highest BCUT2D eigenvalue weighted by atomic mass is 19.1. The van der Waals surface area contributed by atoms with E-state index in [0.717, 1.165) is 38.0 Å². The molecule has 0 bridgehead atoms. The molecule has 6 heteroatoms. The van der Waals surface area contributed by atoms with E-state index in [1.165, 1.54) is 6.08 Å². The van der Waals surface area contributed by atoms with E-state index in [-0.39, 0.29) is 17.7 Å². The van der Waals surface area contributed by atoms with Crippen molar-refractivity contribution in [3.05, 3.63) is 34.9 Å². The van der Waals surface area contributed by atoms with Gasteiger partial charge in [0.2, 0.25) is 0 Å². The Morgan fingerprint density at radius 1 is 1.30 bits per heavy atom. The number of likely N-dealkylation sites (N-methyl/N-ethyl adjacent to an activating group) is 1. The van der Waals surface area contributed by atoms with Crippen molar-refractivity contribution >= 4 is 5.78 Å². The number of methoxy groups -OCH3 is 1. The van der Waals surface area contributed by atoms with E-state index in [1.54, 1.807) is 7.11 Å². The van der Waals surface area contributed by atoms with Gasteiger partial charge in [-0.15, -0.1) is 0 Å². The second-order valence-corrected chi connectivity index (χ2v) is 8.23. The Labute approximate surface area is 161 Å². The van der Waals surface area contributed by atoms with Crippen molar-refractivity contribution in [2.24, 2.45) is 0 Å². The standard InChI is InChI=1S/C21H30FN3O2/c1-5-14-12-25(15-6-7-15)18-16(20(14)26)10-17(22)19(21(18)27-4)24-9-8-23(3)13(2)11-24/h10,12-13,15,18,21H,5-9,11H2,1-4H3. The van der Waals surface area contributed by atoms with Crippen LogP contribution in [0.25, 0.3) is 0 Å². The normalized spacial score (nSPS) is 32.5. The first-order valence-corrected chi connectivity index (χ1v) is 10.1. The van der Waals surface area contributed by atoms with Crippen LogP contribution < -0.4 is 0 Å². The summed E-state index contributed by atoms with van der Waals surface area (Å²) < 4.78 is 21.2. The Morgan fingerprint density at radius 3 is 2.63 bits per heavy atom. The quantitative estimate of drug-likeness (QED) is 0.754. The van der Waals surface area contributed by atoms with Crippen LogP contribution in [0, 0.1) is 0 Å². The Bertz CT molecular complexity index is 725. The van der Waals surface area contributed by atoms with E-state index in [1.807, 2.05) is 13.1 Å². The molecule has 4 aliphatic rings. The first-order valence-electron chi connectivity index (χ1n) is 10.1. The summed E-state index contributed by atoms with van der Waals surface area (Å²) >= 11 is 0. The number of ether oxygens (including phenoxy) is 1. The lowest BCUT2D eigenvalue weighted by atomic mass is 9.83. The lowest BCUT2D eigenvalue weighted by Gasteiger charge is -2.47. The zero-order valence-electron chi connectivity index (χ0n) is 16.7. The Kier molecular flexibility index (Phi) is 4.89. The number of piperazine rings is 1. The third-order valence-corrected chi connectivity index (χ3v) is 6.49. The Hall–Kier alpha value is -1.66. The molecule has 1 saturated heterocycles. The number of nitrogens with zero attached hydrogens (tertiary/aromatic N) is 3. The summed E-state index contributed by atoms with van der Waals surface area (Å²) in [4.78, 5) is 19.6. The molecule has 0 amide bonds. The van der Waals surface area contributed by atoms with Crippen LogP contribution in [0.4, 0.5) is 4.39 Å². The SMILES string of the molecule is CCC1=CN(C2CC2)C2C(=CC(F)=C(N3CCN(C)C(C)C3)C2OC)C1=O. The third kappa shape index (κ3) is 3.13. The predicted octanol–water partition coefficient (Wildman–Crippen LogP) is 2.47. The van der Waals surface area contributed by atoms with Crippen molar-refractivity contribution in [2.75, 3.05) is 33.8 Å². The first-order chi connectivity index (χ1) is 13.0. The van der Waals surface area contributed by atoms with Crippen LogP contribution in [0.5, 0.6) is 0 Å². The fourth-order valence-electron chi connectivity index (χ4n) is 4.56. The first kappa shape index (κ1) is 18.7. The van der Waals surface area contributed by atoms with Gasteiger partial charge in [0.05, 0.1) is 11.7 Å². The maximum atomic E-state index is 15.3. The van der Waals surface area contributed by atoms with Crippen LogP contribution in [0.1, 0.15) is 33.1 Å². The minimum absolute atomic E-state index is 0.0256. The molecule has 0 aromatic carbocycles. The van der Waals surface area contributed by atoms with Gasteiger partial charge < -0.3 is 19.4 Å². The summed E-state index contributed by atoms with van der Waals surface area (Å²) in [5, 5.41) is 0. The van der Waals surface area contributed by atoms with Crippen LogP contribution in [-0.4, -0.2) is 78.5 Å². The number of rotatable bonds is 4. The summed E-state index contributed by atoms with van der Waals surface area (Å²) in [6.07, 6.45) is 5.95. The molecule has 2 aliphatic heterocycles. The largest absolute Gasteiger partial charge is 0.373 e. The van der Waals surface area contributed by atoms with E-state index >= 15 is 4.39 Å². The summed E-state index contributed by atoms with van der Waals surface area (Å²) in [5.41, 5.74) is 1.93. The summed E-state index contributed by atoms with van der Waals surface area (Å²) in [5.74, 6) is -0.339. The number of hydrogen-bond acceptors (Lipinski definition) is 5. The van der Waals surface area contributed by atoms with Crippen molar-refractivity contribution in [3.63, 3.8) is 0 Å². The molecule has 0 aromatic heterocycles. The van der Waals surface area contributed by atoms with Gasteiger partial charge in [0, 0.05) is 56.2 Å². The number of ketones is 1. The van der Waals surface area contributed by atoms with Gasteiger partial charge in [-0.3, -0.25) is 4.79 Å². The van der Waals surface area contributed by atoms with Crippen molar-refractivity contribution < 1.29 is 13.9 Å². The van der Waals surface area contributed by atoms with Crippen LogP contribution in [-0.2, 0) is 9.53 Å². The maximum Gasteiger partial charge on any atom is 0.188 e. The molecular weight excluding hydrogens is 345 g/mol. The third-order valence-electron chi connectivity index (χ3n) is 6.49. The van der Waals surface area contributed by atoms with E-state index < -0.39 is 6.10 Å². The number of Topliss-reactive ketones (excluding diaryl/α,β-unsaturated/α-hetero) is 1. The smallest absolute Gasteiger partial charge is 0.188 e. The highest BCUT2D eigenvalue weighted by Crippen LogP contribution is 2.42. The zero-order chi connectivity index (χ0) is 19.3. The number of fused-ring (bicyclic) bond motifs is 1. The van der Waals surface area contributed by atoms with Crippen molar-refractivity contribution in [2.45, 2.75) is 57.3 Å². The number of carbonyl (C=O) groups is 1. The molecule has 2 fully saturated rings. The summed E-state index contributed by atoms with van der Waals surface area (Å²) in [7, 11) is 3.74. The highest BCUT2D eigenvalue weighted by molar-refractivity contribution is 6.10. The van der Waals surface area contributed by atoms with Crippen molar-refractivity contribution in [1.82, 2.24) is 14.7 Å². The van der Waals surface area contributed by atoms with Crippen molar-refractivity contribution in [1.29, 1.82) is 0 Å². The van der Waals surface area contributed by atoms with Crippen LogP contribution in [0.2, 0.25) is 0 Å². The van der Waals surface area contributed by atoms with E-state index in [2.05, 4.69) is 28.7 Å². The average Bonchev–Trinajstić information content (AvgIpc) is 3.49. The molecule has 27 heavy (non-hydrogen) atoms. The molecule has 2 aliphatic carbocycles. The summed E-state index contributed by atoms with van der Waals surface area (Å²) in [6, 6.07) is 0.551. The maximum absolute atomic E-state index is 15.3. The molecule has 0 radical (unpaired) electrons. The van der Waals surface area contributed by atoms with Gasteiger partial charge in [-0.05, 0) is 39.3 Å². The van der Waals surface area contributed by atoms with Gasteiger partial charge in [-0.1, -0.05) is 6.92 Å². The van der Waals surface area contributed by atoms with Crippen LogP contribution in [0.15, 0.2) is 34.9 Å². The predicted molar refractivity (Wildman–Crippen MR) is 103 cm³/mol. The molecule has 3 atom stereocenters. The van der Waals surface area contributed by atoms with Gasteiger partial charge in [-0.25, -0.2) is 4.39 Å². The second kappa shape index (κ2) is 7.06. The molecule has 2 heterocycles. The van der Waals surface area contributed by atoms with E-state index in [9.17, 15) is 4.79 Å². The molecule has 3 unspecified atom stereocenters. The molecule has 0 spiro atoms. The van der Waals surface area contributed by atoms with Crippen LogP contribution >= 0.6 is 0 Å². The number of halogens is 1. The van der Waals surface area contributed by atoms with E-state index in [4.69, 9.17) is 4.74 Å². The van der Waals surface area contributed by atoms with Gasteiger partial charge in [0.1, 0.15) is 11.9 Å². The summed E-state index contributed by atoms with van der Waals surface area (Å²) in [6.45, 7) is 6.57. The van der Waals surface area contributed by atoms with Gasteiger partial charge >= 0.3 is 0 Å². The second-order valence-electron chi connectivity index (χ2n) is 8.23. The Balaban J connectivity index is 1.74. The molecule has 0 aromatic rings. The molecule has 5 nitrogen and oxygen atoms in total. The highest BCUT2D eigenvalue weighted by Gasteiger charge is 2.48. The topological polar surface area (TPSA) is 36.0 Å². The van der Waals surface area contributed by atoms with Gasteiger partial charge in [0.25, 0.3) is 0 Å². The minimum Gasteiger partial charge on any atom is -0.373 e.